The second-order valence-corrected chi connectivity index (χ2v) is 4.38. The Morgan fingerprint density at radius 3 is 2.67 bits per heavy atom. The largest absolute Gasteiger partial charge is 0.330 e. The Morgan fingerprint density at radius 1 is 1.58 bits per heavy atom. The van der Waals surface area contributed by atoms with Crippen LogP contribution in [0.1, 0.15) is 22.8 Å². The minimum atomic E-state index is -0.895. The summed E-state index contributed by atoms with van der Waals surface area (Å²) in [5.74, 6) is -0.0805. The standard InChI is InChI=1S/C9H14FNS/c1-6(5-11)9(10)8-4-3-7(2)12-8/h3-4,6,9H,5,11H2,1-2H3. The molecular formula is C9H14FNS. The van der Waals surface area contributed by atoms with Crippen LogP contribution in [0, 0.1) is 12.8 Å². The average molecular weight is 187 g/mol. The first-order valence-electron chi connectivity index (χ1n) is 4.05. The molecule has 0 fully saturated rings. The molecule has 1 nitrogen and oxygen atoms in total. The molecule has 12 heavy (non-hydrogen) atoms. The van der Waals surface area contributed by atoms with Crippen LogP contribution in [0.5, 0.6) is 0 Å². The van der Waals surface area contributed by atoms with Crippen molar-refractivity contribution in [2.24, 2.45) is 11.7 Å². The van der Waals surface area contributed by atoms with Gasteiger partial charge in [-0.25, -0.2) is 4.39 Å². The molecule has 0 aliphatic carbocycles. The first kappa shape index (κ1) is 9.68. The van der Waals surface area contributed by atoms with Crippen LogP contribution < -0.4 is 5.73 Å². The lowest BCUT2D eigenvalue weighted by Gasteiger charge is -2.12. The summed E-state index contributed by atoms with van der Waals surface area (Å²) < 4.78 is 13.5. The predicted octanol–water partition coefficient (Wildman–Crippen LogP) is 2.66. The summed E-state index contributed by atoms with van der Waals surface area (Å²) >= 11 is 1.51. The van der Waals surface area contributed by atoms with Crippen molar-refractivity contribution in [1.29, 1.82) is 0 Å². The second kappa shape index (κ2) is 4.01. The Bertz CT molecular complexity index is 246. The van der Waals surface area contributed by atoms with Gasteiger partial charge in [0, 0.05) is 15.7 Å². The molecule has 3 heteroatoms. The molecule has 68 valence electrons. The van der Waals surface area contributed by atoms with Crippen LogP contribution >= 0.6 is 11.3 Å². The van der Waals surface area contributed by atoms with Crippen molar-refractivity contribution in [1.82, 2.24) is 0 Å². The van der Waals surface area contributed by atoms with Crippen molar-refractivity contribution < 1.29 is 4.39 Å². The highest BCUT2D eigenvalue weighted by molar-refractivity contribution is 7.12. The topological polar surface area (TPSA) is 26.0 Å². The van der Waals surface area contributed by atoms with E-state index < -0.39 is 6.17 Å². The third-order valence-corrected chi connectivity index (χ3v) is 2.96. The predicted molar refractivity (Wildman–Crippen MR) is 51.1 cm³/mol. The molecule has 0 aromatic carbocycles. The van der Waals surface area contributed by atoms with Gasteiger partial charge < -0.3 is 5.73 Å². The van der Waals surface area contributed by atoms with Crippen LogP contribution in [0.25, 0.3) is 0 Å². The van der Waals surface area contributed by atoms with Crippen LogP contribution in [0.15, 0.2) is 12.1 Å². The third-order valence-electron chi connectivity index (χ3n) is 1.90. The van der Waals surface area contributed by atoms with Gasteiger partial charge in [-0.1, -0.05) is 6.92 Å². The van der Waals surface area contributed by atoms with Crippen molar-refractivity contribution in [3.63, 3.8) is 0 Å². The van der Waals surface area contributed by atoms with Crippen molar-refractivity contribution >= 4 is 11.3 Å². The first-order chi connectivity index (χ1) is 5.65. The Hall–Kier alpha value is -0.410. The van der Waals surface area contributed by atoms with E-state index in [0.717, 1.165) is 9.75 Å². The fourth-order valence-corrected chi connectivity index (χ4v) is 1.99. The lowest BCUT2D eigenvalue weighted by molar-refractivity contribution is 0.256. The molecule has 2 atom stereocenters. The Balaban J connectivity index is 2.70. The maximum atomic E-state index is 13.5. The van der Waals surface area contributed by atoms with E-state index in [1.165, 1.54) is 11.3 Å². The molecule has 0 saturated carbocycles. The maximum Gasteiger partial charge on any atom is 0.138 e. The summed E-state index contributed by atoms with van der Waals surface area (Å²) in [7, 11) is 0. The zero-order valence-corrected chi connectivity index (χ0v) is 8.20. The summed E-state index contributed by atoms with van der Waals surface area (Å²) in [5.41, 5.74) is 5.38. The van der Waals surface area contributed by atoms with Gasteiger partial charge in [0.25, 0.3) is 0 Å². The molecule has 0 bridgehead atoms. The molecule has 0 saturated heterocycles. The molecule has 0 aliphatic heterocycles. The molecule has 0 spiro atoms. The van der Waals surface area contributed by atoms with E-state index in [2.05, 4.69) is 0 Å². The van der Waals surface area contributed by atoms with Gasteiger partial charge in [0.2, 0.25) is 0 Å². The molecule has 0 aliphatic rings. The van der Waals surface area contributed by atoms with E-state index in [1.54, 1.807) is 0 Å². The van der Waals surface area contributed by atoms with Crippen LogP contribution in [0.3, 0.4) is 0 Å². The molecular weight excluding hydrogens is 173 g/mol. The van der Waals surface area contributed by atoms with Crippen LogP contribution in [-0.4, -0.2) is 6.54 Å². The number of halogens is 1. The van der Waals surface area contributed by atoms with Crippen molar-refractivity contribution in [3.05, 3.63) is 21.9 Å². The van der Waals surface area contributed by atoms with Gasteiger partial charge in [-0.15, -0.1) is 11.3 Å². The summed E-state index contributed by atoms with van der Waals surface area (Å²) in [6, 6.07) is 3.78. The van der Waals surface area contributed by atoms with Gasteiger partial charge in [-0.3, -0.25) is 0 Å². The van der Waals surface area contributed by atoms with Gasteiger partial charge in [-0.05, 0) is 25.6 Å². The van der Waals surface area contributed by atoms with E-state index in [-0.39, 0.29) is 5.92 Å². The quantitative estimate of drug-likeness (QED) is 0.773. The normalized spacial score (nSPS) is 16.0. The van der Waals surface area contributed by atoms with Gasteiger partial charge >= 0.3 is 0 Å². The minimum absolute atomic E-state index is 0.0805. The number of hydrogen-bond acceptors (Lipinski definition) is 2. The van der Waals surface area contributed by atoms with Crippen molar-refractivity contribution in [3.8, 4) is 0 Å². The summed E-state index contributed by atoms with van der Waals surface area (Å²) in [6.45, 7) is 4.21. The molecule has 1 aromatic heterocycles. The van der Waals surface area contributed by atoms with Gasteiger partial charge in [0.1, 0.15) is 6.17 Å². The summed E-state index contributed by atoms with van der Waals surface area (Å²) in [4.78, 5) is 1.95. The van der Waals surface area contributed by atoms with Gasteiger partial charge in [0.15, 0.2) is 0 Å². The van der Waals surface area contributed by atoms with E-state index >= 15 is 0 Å². The highest BCUT2D eigenvalue weighted by atomic mass is 32.1. The Morgan fingerprint density at radius 2 is 2.25 bits per heavy atom. The third kappa shape index (κ3) is 2.05. The molecule has 0 amide bonds. The zero-order chi connectivity index (χ0) is 9.14. The Labute approximate surface area is 76.4 Å². The monoisotopic (exact) mass is 187 g/mol. The highest BCUT2D eigenvalue weighted by Gasteiger charge is 2.18. The summed E-state index contributed by atoms with van der Waals surface area (Å²) in [5, 5.41) is 0. The lowest BCUT2D eigenvalue weighted by Crippen LogP contribution is -2.15. The molecule has 1 rings (SSSR count). The number of thiophene rings is 1. The van der Waals surface area contributed by atoms with Crippen LogP contribution in [0.4, 0.5) is 4.39 Å². The smallest absolute Gasteiger partial charge is 0.138 e. The molecule has 1 aromatic rings. The number of alkyl halides is 1. The average Bonchev–Trinajstić information content (AvgIpc) is 2.49. The number of rotatable bonds is 3. The first-order valence-corrected chi connectivity index (χ1v) is 4.87. The van der Waals surface area contributed by atoms with E-state index in [4.69, 9.17) is 5.73 Å². The van der Waals surface area contributed by atoms with Crippen LogP contribution in [0.2, 0.25) is 0 Å². The number of aryl methyl sites for hydroxylation is 1. The Kier molecular flexibility index (Phi) is 3.23. The zero-order valence-electron chi connectivity index (χ0n) is 7.38. The van der Waals surface area contributed by atoms with Gasteiger partial charge in [0.05, 0.1) is 0 Å². The fraction of sp³-hybridized carbons (Fsp3) is 0.556. The molecule has 2 N–H and O–H groups in total. The molecule has 2 unspecified atom stereocenters. The van der Waals surface area contributed by atoms with Gasteiger partial charge in [-0.2, -0.15) is 0 Å². The maximum absolute atomic E-state index is 13.5. The van der Waals surface area contributed by atoms with Crippen molar-refractivity contribution in [2.75, 3.05) is 6.54 Å². The van der Waals surface area contributed by atoms with E-state index in [1.807, 2.05) is 26.0 Å². The van der Waals surface area contributed by atoms with Crippen LogP contribution in [-0.2, 0) is 0 Å². The lowest BCUT2D eigenvalue weighted by atomic mass is 10.1. The number of hydrogen-bond donors (Lipinski definition) is 1. The number of nitrogens with two attached hydrogens (primary N) is 1. The highest BCUT2D eigenvalue weighted by Crippen LogP contribution is 2.30. The molecule has 0 radical (unpaired) electrons. The van der Waals surface area contributed by atoms with E-state index in [0.29, 0.717) is 6.54 Å². The molecule has 1 heterocycles. The second-order valence-electron chi connectivity index (χ2n) is 3.06. The minimum Gasteiger partial charge on any atom is -0.330 e. The SMILES string of the molecule is Cc1ccc(C(F)C(C)CN)s1. The fourth-order valence-electron chi connectivity index (χ4n) is 1.00. The van der Waals surface area contributed by atoms with Crippen molar-refractivity contribution in [2.45, 2.75) is 20.0 Å². The van der Waals surface area contributed by atoms with E-state index in [9.17, 15) is 4.39 Å². The summed E-state index contributed by atoms with van der Waals surface area (Å²) in [6.07, 6.45) is -0.895.